The number of rotatable bonds is 1. The maximum Gasteiger partial charge on any atom is 0.260 e. The molecule has 1 aliphatic rings. The second kappa shape index (κ2) is 2.38. The molecule has 2 heterocycles. The number of fused-ring (bicyclic) bond motifs is 1. The molecule has 0 saturated heterocycles. The Balaban J connectivity index is 2.14. The Kier molecular flexibility index (Phi) is 1.40. The number of H-pyrrole nitrogens is 1. The van der Waals surface area contributed by atoms with Gasteiger partial charge >= 0.3 is 0 Å². The normalized spacial score (nSPS) is 28.2. The van der Waals surface area contributed by atoms with Crippen molar-refractivity contribution in [3.05, 3.63) is 30.1 Å². The Morgan fingerprint density at radius 3 is 2.80 bits per heavy atom. The molecule has 0 aromatic carbocycles. The number of hydrogen-bond acceptors (Lipinski definition) is 1. The fourth-order valence-corrected chi connectivity index (χ4v) is 1.95. The van der Waals surface area contributed by atoms with E-state index in [0.717, 1.165) is 5.39 Å². The molecule has 0 bridgehead atoms. The molecule has 15 heavy (non-hydrogen) atoms. The monoisotopic (exact) mass is 208 g/mol. The lowest BCUT2D eigenvalue weighted by atomic mass is 10.1. The highest BCUT2D eigenvalue weighted by Gasteiger charge is 2.69. The minimum Gasteiger partial charge on any atom is -0.343 e. The van der Waals surface area contributed by atoms with Crippen LogP contribution in [0.3, 0.4) is 0 Å². The molecule has 0 aliphatic heterocycles. The lowest BCUT2D eigenvalue weighted by Gasteiger charge is -2.06. The molecule has 4 heteroatoms. The molecule has 0 amide bonds. The summed E-state index contributed by atoms with van der Waals surface area (Å²) in [5.41, 5.74) is 0.242. The maximum absolute atomic E-state index is 13.2. The van der Waals surface area contributed by atoms with Gasteiger partial charge in [0.25, 0.3) is 5.92 Å². The van der Waals surface area contributed by atoms with E-state index < -0.39 is 11.3 Å². The lowest BCUT2D eigenvalue weighted by molar-refractivity contribution is 0.0912. The number of nitrogens with zero attached hydrogens (tertiary/aromatic N) is 1. The Labute approximate surface area is 85.3 Å². The van der Waals surface area contributed by atoms with E-state index in [9.17, 15) is 8.78 Å². The molecule has 1 unspecified atom stereocenters. The van der Waals surface area contributed by atoms with E-state index in [-0.39, 0.29) is 6.42 Å². The third-order valence-electron chi connectivity index (χ3n) is 3.24. The van der Waals surface area contributed by atoms with E-state index in [2.05, 4.69) is 9.97 Å². The van der Waals surface area contributed by atoms with Crippen LogP contribution >= 0.6 is 0 Å². The van der Waals surface area contributed by atoms with Crippen LogP contribution in [0.2, 0.25) is 0 Å². The first kappa shape index (κ1) is 8.83. The van der Waals surface area contributed by atoms with Gasteiger partial charge in [0.2, 0.25) is 0 Å². The molecule has 2 aromatic rings. The van der Waals surface area contributed by atoms with Crippen molar-refractivity contribution in [1.29, 1.82) is 0 Å². The van der Waals surface area contributed by atoms with Crippen LogP contribution in [0.15, 0.2) is 24.4 Å². The summed E-state index contributed by atoms with van der Waals surface area (Å²) in [6.45, 7) is 1.58. The number of alkyl halides is 2. The summed E-state index contributed by atoms with van der Waals surface area (Å²) >= 11 is 0. The predicted molar refractivity (Wildman–Crippen MR) is 53.0 cm³/mol. The molecule has 2 nitrogen and oxygen atoms in total. The molecule has 1 fully saturated rings. The Hall–Kier alpha value is -1.45. The summed E-state index contributed by atoms with van der Waals surface area (Å²) in [6.07, 6.45) is 1.57. The third-order valence-corrected chi connectivity index (χ3v) is 3.24. The molecular weight excluding hydrogens is 198 g/mol. The maximum atomic E-state index is 13.2. The van der Waals surface area contributed by atoms with Crippen molar-refractivity contribution in [2.24, 2.45) is 0 Å². The van der Waals surface area contributed by atoms with Crippen molar-refractivity contribution in [3.8, 4) is 0 Å². The van der Waals surface area contributed by atoms with Gasteiger partial charge in [0.1, 0.15) is 5.65 Å². The number of halogens is 2. The first-order chi connectivity index (χ1) is 7.03. The molecular formula is C11H10F2N2. The quantitative estimate of drug-likeness (QED) is 0.767. The molecule has 1 saturated carbocycles. The van der Waals surface area contributed by atoms with Crippen LogP contribution in [0.5, 0.6) is 0 Å². The Bertz CT molecular complexity index is 499. The summed E-state index contributed by atoms with van der Waals surface area (Å²) < 4.78 is 26.3. The van der Waals surface area contributed by atoms with Crippen LogP contribution in [0, 0.1) is 0 Å². The molecule has 1 N–H and O–H groups in total. The van der Waals surface area contributed by atoms with Gasteiger partial charge < -0.3 is 4.98 Å². The number of aromatic nitrogens is 2. The van der Waals surface area contributed by atoms with Gasteiger partial charge in [-0.05, 0) is 25.1 Å². The lowest BCUT2D eigenvalue weighted by Crippen LogP contribution is -2.11. The number of pyridine rings is 1. The summed E-state index contributed by atoms with van der Waals surface area (Å²) in [6, 6.07) is 5.43. The van der Waals surface area contributed by atoms with Crippen molar-refractivity contribution in [3.63, 3.8) is 0 Å². The van der Waals surface area contributed by atoms with E-state index >= 15 is 0 Å². The minimum absolute atomic E-state index is 0.0766. The highest BCUT2D eigenvalue weighted by molar-refractivity contribution is 5.77. The van der Waals surface area contributed by atoms with E-state index in [0.29, 0.717) is 11.3 Å². The summed E-state index contributed by atoms with van der Waals surface area (Å²) in [5, 5.41) is 0.886. The summed E-state index contributed by atoms with van der Waals surface area (Å²) in [5.74, 6) is -2.58. The van der Waals surface area contributed by atoms with Crippen molar-refractivity contribution >= 4 is 11.0 Å². The van der Waals surface area contributed by atoms with Crippen LogP contribution in [0.25, 0.3) is 11.0 Å². The van der Waals surface area contributed by atoms with Gasteiger partial charge in [-0.1, -0.05) is 0 Å². The van der Waals surface area contributed by atoms with Crippen LogP contribution in [0.4, 0.5) is 8.78 Å². The molecule has 2 aromatic heterocycles. The summed E-state index contributed by atoms with van der Waals surface area (Å²) in [7, 11) is 0. The smallest absolute Gasteiger partial charge is 0.260 e. The minimum atomic E-state index is -2.58. The molecule has 0 spiro atoms. The number of aromatic amines is 1. The van der Waals surface area contributed by atoms with Gasteiger partial charge in [0.15, 0.2) is 0 Å². The highest BCUT2D eigenvalue weighted by Crippen LogP contribution is 2.61. The Morgan fingerprint density at radius 2 is 2.20 bits per heavy atom. The van der Waals surface area contributed by atoms with Gasteiger partial charge in [-0.15, -0.1) is 0 Å². The first-order valence-electron chi connectivity index (χ1n) is 4.85. The van der Waals surface area contributed by atoms with Gasteiger partial charge in [-0.25, -0.2) is 13.8 Å². The average molecular weight is 208 g/mol. The summed E-state index contributed by atoms with van der Waals surface area (Å²) in [4.78, 5) is 7.05. The molecule has 1 atom stereocenters. The van der Waals surface area contributed by atoms with Crippen LogP contribution in [0.1, 0.15) is 19.0 Å². The van der Waals surface area contributed by atoms with Crippen molar-refractivity contribution in [1.82, 2.24) is 9.97 Å². The van der Waals surface area contributed by atoms with Gasteiger partial charge in [0, 0.05) is 23.7 Å². The highest BCUT2D eigenvalue weighted by atomic mass is 19.3. The largest absolute Gasteiger partial charge is 0.343 e. The molecule has 0 radical (unpaired) electrons. The zero-order valence-corrected chi connectivity index (χ0v) is 8.22. The molecule has 3 rings (SSSR count). The second-order valence-electron chi connectivity index (χ2n) is 4.34. The van der Waals surface area contributed by atoms with E-state index in [4.69, 9.17) is 0 Å². The van der Waals surface area contributed by atoms with Gasteiger partial charge in [0.05, 0.1) is 5.41 Å². The predicted octanol–water partition coefficient (Wildman–Crippen LogP) is 2.86. The van der Waals surface area contributed by atoms with E-state index in [1.165, 1.54) is 0 Å². The SMILES string of the molecule is CC1(c2cc3cccnc3[nH]2)CC1(F)F. The van der Waals surface area contributed by atoms with Gasteiger partial charge in [-0.2, -0.15) is 0 Å². The standard InChI is InChI=1S/C11H10F2N2/c1-10(6-11(10,12)13)8-5-7-3-2-4-14-9(7)15-8/h2-5H,6H2,1H3,(H,14,15). The Morgan fingerprint density at radius 1 is 1.47 bits per heavy atom. The zero-order valence-electron chi connectivity index (χ0n) is 8.22. The fourth-order valence-electron chi connectivity index (χ4n) is 1.95. The van der Waals surface area contributed by atoms with Crippen molar-refractivity contribution < 1.29 is 8.78 Å². The number of nitrogens with one attached hydrogen (secondary N) is 1. The van der Waals surface area contributed by atoms with Crippen molar-refractivity contribution in [2.45, 2.75) is 24.7 Å². The zero-order chi connectivity index (χ0) is 10.7. The van der Waals surface area contributed by atoms with Crippen molar-refractivity contribution in [2.75, 3.05) is 0 Å². The molecule has 78 valence electrons. The number of hydrogen-bond donors (Lipinski definition) is 1. The van der Waals surface area contributed by atoms with Crippen LogP contribution < -0.4 is 0 Å². The van der Waals surface area contributed by atoms with E-state index in [1.807, 2.05) is 6.07 Å². The fraction of sp³-hybridized carbons (Fsp3) is 0.364. The van der Waals surface area contributed by atoms with Crippen LogP contribution in [-0.4, -0.2) is 15.9 Å². The van der Waals surface area contributed by atoms with Gasteiger partial charge in [-0.3, -0.25) is 0 Å². The second-order valence-corrected chi connectivity index (χ2v) is 4.34. The first-order valence-corrected chi connectivity index (χ1v) is 4.85. The van der Waals surface area contributed by atoms with E-state index in [1.54, 1.807) is 25.3 Å². The third kappa shape index (κ3) is 1.05. The topological polar surface area (TPSA) is 28.7 Å². The molecule has 1 aliphatic carbocycles. The van der Waals surface area contributed by atoms with Crippen LogP contribution in [-0.2, 0) is 5.41 Å². The average Bonchev–Trinajstić information content (AvgIpc) is 2.61.